The summed E-state index contributed by atoms with van der Waals surface area (Å²) >= 11 is 5.80. The summed E-state index contributed by atoms with van der Waals surface area (Å²) < 4.78 is 0. The van der Waals surface area contributed by atoms with Crippen LogP contribution in [0, 0.1) is 7.05 Å². The van der Waals surface area contributed by atoms with E-state index in [0.29, 0.717) is 5.70 Å². The number of rotatable bonds is 2. The van der Waals surface area contributed by atoms with E-state index in [9.17, 15) is 15.3 Å². The van der Waals surface area contributed by atoms with E-state index >= 15 is 0 Å². The minimum Gasteiger partial charge on any atom is -0.448 e. The van der Waals surface area contributed by atoms with Crippen LogP contribution >= 0.6 is 11.6 Å². The van der Waals surface area contributed by atoms with Crippen LogP contribution in [0.4, 0.5) is 0 Å². The Morgan fingerprint density at radius 1 is 1.77 bits per heavy atom. The van der Waals surface area contributed by atoms with Crippen molar-refractivity contribution in [2.45, 2.75) is 30.1 Å². The average molecular weight is 208 g/mol. The van der Waals surface area contributed by atoms with E-state index in [4.69, 9.17) is 11.6 Å². The third-order valence-corrected chi connectivity index (χ3v) is 2.86. The number of hydrogen-bond acceptors (Lipinski definition) is 3. The second-order valence-corrected chi connectivity index (χ2v) is 3.73. The molecule has 0 aliphatic heterocycles. The van der Waals surface area contributed by atoms with E-state index in [2.05, 4.69) is 7.05 Å². The summed E-state index contributed by atoms with van der Waals surface area (Å²) in [4.78, 5) is 0. The van der Waals surface area contributed by atoms with Gasteiger partial charge in [-0.25, -0.2) is 0 Å². The van der Waals surface area contributed by atoms with E-state index in [1.54, 1.807) is 0 Å². The molecule has 4 unspecified atom stereocenters. The van der Waals surface area contributed by atoms with Crippen LogP contribution in [-0.4, -0.2) is 38.5 Å². The van der Waals surface area contributed by atoms with Gasteiger partial charge in [-0.2, -0.15) is 0 Å². The second-order valence-electron chi connectivity index (χ2n) is 3.26. The highest BCUT2D eigenvalue weighted by Crippen LogP contribution is 2.32. The lowest BCUT2D eigenvalue weighted by molar-refractivity contribution is -0.544. The van der Waals surface area contributed by atoms with Crippen molar-refractivity contribution in [3.05, 3.63) is 18.8 Å². The third kappa shape index (κ3) is 1.60. The van der Waals surface area contributed by atoms with Gasteiger partial charge in [0, 0.05) is 6.08 Å². The molecule has 0 heterocycles. The monoisotopic (exact) mass is 207 g/mol. The maximum Gasteiger partial charge on any atom is 0.141 e. The summed E-state index contributed by atoms with van der Waals surface area (Å²) in [5.41, 5.74) is -1.12. The van der Waals surface area contributed by atoms with E-state index in [-0.39, 0.29) is 0 Å². The lowest BCUT2D eigenvalue weighted by atomic mass is 9.95. The van der Waals surface area contributed by atoms with Crippen LogP contribution in [-0.2, 0) is 0 Å². The van der Waals surface area contributed by atoms with Crippen LogP contribution in [0.3, 0.4) is 0 Å². The van der Waals surface area contributed by atoms with Gasteiger partial charge in [0.05, 0.1) is 11.8 Å². The highest BCUT2D eigenvalue weighted by atomic mass is 35.5. The van der Waals surface area contributed by atoms with E-state index in [1.165, 1.54) is 18.3 Å². The zero-order valence-electron chi connectivity index (χ0n) is 7.31. The maximum absolute atomic E-state index is 9.80. The van der Waals surface area contributed by atoms with Gasteiger partial charge in [0.25, 0.3) is 0 Å². The zero-order chi connectivity index (χ0) is 10.2. The number of alkyl halides is 1. The number of aliphatic hydroxyl groups is 3. The molecule has 0 saturated heterocycles. The van der Waals surface area contributed by atoms with Gasteiger partial charge in [0.2, 0.25) is 0 Å². The van der Waals surface area contributed by atoms with Crippen LogP contribution in [0.2, 0.25) is 0 Å². The number of quaternary nitrogens is 1. The molecular weight excluding hydrogens is 194 g/mol. The summed E-state index contributed by atoms with van der Waals surface area (Å²) in [6, 6.07) is 0. The third-order valence-electron chi connectivity index (χ3n) is 2.37. The second kappa shape index (κ2) is 3.55. The number of nitrogens with two attached hydrogens (primary N) is 1. The predicted octanol–water partition coefficient (Wildman–Crippen LogP) is -1.68. The smallest absolute Gasteiger partial charge is 0.141 e. The molecule has 4 atom stereocenters. The standard InChI is InChI=1S/C8H14ClNO3/c1-4(11)8(13)3-5(10-2)6(9)7(8)12/h3-4,6-7,11-13H,2,10H2,1H3. The summed E-state index contributed by atoms with van der Waals surface area (Å²) in [6.45, 7) is 1.40. The van der Waals surface area contributed by atoms with Crippen molar-refractivity contribution in [1.82, 2.24) is 0 Å². The van der Waals surface area contributed by atoms with Crippen LogP contribution in [0.1, 0.15) is 6.92 Å². The quantitative estimate of drug-likeness (QED) is 0.323. The Kier molecular flexibility index (Phi) is 2.99. The summed E-state index contributed by atoms with van der Waals surface area (Å²) in [5, 5.41) is 29.4. The Morgan fingerprint density at radius 2 is 2.31 bits per heavy atom. The van der Waals surface area contributed by atoms with Gasteiger partial charge in [-0.1, -0.05) is 0 Å². The van der Waals surface area contributed by atoms with Gasteiger partial charge in [0.1, 0.15) is 17.1 Å². The predicted molar refractivity (Wildman–Crippen MR) is 47.6 cm³/mol. The summed E-state index contributed by atoms with van der Waals surface area (Å²) in [5.74, 6) is 0. The molecule has 5 N–H and O–H groups in total. The lowest BCUT2D eigenvalue weighted by Gasteiger charge is -2.28. The molecule has 13 heavy (non-hydrogen) atoms. The summed E-state index contributed by atoms with van der Waals surface area (Å²) in [6.07, 6.45) is -0.907. The molecule has 0 fully saturated rings. The molecule has 4 nitrogen and oxygen atoms in total. The van der Waals surface area contributed by atoms with Crippen molar-refractivity contribution in [3.63, 3.8) is 0 Å². The Morgan fingerprint density at radius 3 is 2.54 bits per heavy atom. The molecule has 5 heteroatoms. The first-order valence-electron chi connectivity index (χ1n) is 4.01. The molecule has 1 aliphatic carbocycles. The van der Waals surface area contributed by atoms with Gasteiger partial charge >= 0.3 is 0 Å². The Balaban J connectivity index is 2.96. The molecule has 0 spiro atoms. The van der Waals surface area contributed by atoms with Crippen molar-refractivity contribution < 1.29 is 20.6 Å². The molecule has 0 aromatic rings. The van der Waals surface area contributed by atoms with Crippen molar-refractivity contribution in [3.8, 4) is 0 Å². The van der Waals surface area contributed by atoms with Gasteiger partial charge in [0.15, 0.2) is 0 Å². The largest absolute Gasteiger partial charge is 0.448 e. The molecule has 0 bridgehead atoms. The van der Waals surface area contributed by atoms with E-state index < -0.39 is 23.2 Å². The van der Waals surface area contributed by atoms with Crippen molar-refractivity contribution in [2.75, 3.05) is 0 Å². The van der Waals surface area contributed by atoms with Gasteiger partial charge < -0.3 is 20.6 Å². The Hall–Kier alpha value is -0.130. The average Bonchev–Trinajstić information content (AvgIpc) is 2.31. The molecule has 0 aromatic heterocycles. The molecule has 1 aliphatic rings. The molecule has 0 radical (unpaired) electrons. The van der Waals surface area contributed by atoms with Crippen LogP contribution in [0.15, 0.2) is 11.8 Å². The van der Waals surface area contributed by atoms with Gasteiger partial charge in [-0.3, -0.25) is 0 Å². The maximum atomic E-state index is 9.80. The highest BCUT2D eigenvalue weighted by molar-refractivity contribution is 6.23. The van der Waals surface area contributed by atoms with Gasteiger partial charge in [-0.15, -0.1) is 18.6 Å². The fourth-order valence-electron chi connectivity index (χ4n) is 1.39. The first-order chi connectivity index (χ1) is 5.93. The first kappa shape index (κ1) is 10.9. The molecule has 1 rings (SSSR count). The van der Waals surface area contributed by atoms with Crippen molar-refractivity contribution >= 4 is 11.6 Å². The van der Waals surface area contributed by atoms with Crippen molar-refractivity contribution in [2.24, 2.45) is 0 Å². The number of hydrogen-bond donors (Lipinski definition) is 4. The molecule has 76 valence electrons. The molecular formula is C8H14ClNO3. The zero-order valence-corrected chi connectivity index (χ0v) is 8.07. The van der Waals surface area contributed by atoms with E-state index in [0.717, 1.165) is 0 Å². The van der Waals surface area contributed by atoms with Crippen LogP contribution in [0.5, 0.6) is 0 Å². The first-order valence-corrected chi connectivity index (χ1v) is 4.45. The van der Waals surface area contributed by atoms with Crippen LogP contribution in [0.25, 0.3) is 0 Å². The van der Waals surface area contributed by atoms with E-state index in [1.807, 2.05) is 0 Å². The fourth-order valence-corrected chi connectivity index (χ4v) is 1.74. The summed E-state index contributed by atoms with van der Waals surface area (Å²) in [7, 11) is 3.50. The number of halogens is 1. The van der Waals surface area contributed by atoms with Crippen molar-refractivity contribution in [1.29, 1.82) is 0 Å². The van der Waals surface area contributed by atoms with Gasteiger partial charge in [-0.05, 0) is 6.92 Å². The SMILES string of the molecule is [CH2-][NH2+]C1=CC(O)(C(C)O)C(O)C1Cl. The highest BCUT2D eigenvalue weighted by Gasteiger charge is 2.50. The Labute approximate surface area is 81.8 Å². The topological polar surface area (TPSA) is 77.3 Å². The molecule has 0 amide bonds. The minimum atomic E-state index is -1.66. The number of aliphatic hydroxyl groups excluding tert-OH is 2. The Bertz CT molecular complexity index is 231. The fraction of sp³-hybridized carbons (Fsp3) is 0.625. The minimum absolute atomic E-state index is 0.539. The lowest BCUT2D eigenvalue weighted by Crippen LogP contribution is -2.76. The molecule has 0 aromatic carbocycles. The normalized spacial score (nSPS) is 41.8. The van der Waals surface area contributed by atoms with Crippen LogP contribution < -0.4 is 5.32 Å². The molecule has 0 saturated carbocycles.